The third-order valence-electron chi connectivity index (χ3n) is 1.14. The fourth-order valence-electron chi connectivity index (χ4n) is 0.494. The van der Waals surface area contributed by atoms with E-state index in [1.54, 1.807) is 0 Å². The van der Waals surface area contributed by atoms with Gasteiger partial charge in [0.1, 0.15) is 4.32 Å². The van der Waals surface area contributed by atoms with Crippen LogP contribution in [0.4, 0.5) is 4.79 Å². The molecule has 0 saturated carbocycles. The minimum atomic E-state index is -0.940. The van der Waals surface area contributed by atoms with E-state index < -0.39 is 6.03 Å². The number of thiocarbonyl (C=S) groups is 1. The minimum Gasteiger partial charge on any atom is -0.358 e. The Hall–Kier alpha value is -0.530. The van der Waals surface area contributed by atoms with Gasteiger partial charge < -0.3 is 10.6 Å². The summed E-state index contributed by atoms with van der Waals surface area (Å²) in [5.41, 5.74) is 5.46. The molecule has 7 heteroatoms. The average Bonchev–Trinajstić information content (AvgIpc) is 2.07. The van der Waals surface area contributed by atoms with Crippen LogP contribution in [0.15, 0.2) is 0 Å². The molecule has 4 N–H and O–H groups in total. The van der Waals surface area contributed by atoms with Gasteiger partial charge in [0.15, 0.2) is 0 Å². The maximum atomic E-state index is 9.23. The number of thiol groups is 1. The van der Waals surface area contributed by atoms with Crippen LogP contribution in [0.25, 0.3) is 0 Å². The molecule has 0 aromatic carbocycles. The summed E-state index contributed by atoms with van der Waals surface area (Å²) >= 11 is 8.82. The van der Waals surface area contributed by atoms with E-state index in [9.17, 15) is 4.79 Å². The molecule has 0 atom stereocenters. The molecule has 0 aromatic rings. The lowest BCUT2D eigenvalue weighted by atomic mass is 10.6. The zero-order chi connectivity index (χ0) is 10.9. The first kappa shape index (κ1) is 15.0. The Bertz CT molecular complexity index is 162. The van der Waals surface area contributed by atoms with E-state index in [1.165, 1.54) is 5.48 Å². The van der Waals surface area contributed by atoms with Crippen molar-refractivity contribution in [1.82, 2.24) is 10.4 Å². The summed E-state index contributed by atoms with van der Waals surface area (Å²) in [7, 11) is 0. The van der Waals surface area contributed by atoms with Crippen LogP contribution in [0.1, 0.15) is 13.8 Å². The standard InChI is InChI=1S/C5H11NS2.CH4N2O2/c1-3-6(4-2)5(7)8;2-1(4)3-5/h3-4H2,1-2H3,(H,7,8);5H,(H3,2,3,4). The van der Waals surface area contributed by atoms with Crippen molar-refractivity contribution in [3.63, 3.8) is 0 Å². The van der Waals surface area contributed by atoms with Crippen molar-refractivity contribution >= 4 is 35.2 Å². The number of hydrogen-bond donors (Lipinski definition) is 4. The highest BCUT2D eigenvalue weighted by Gasteiger charge is 1.96. The number of amides is 2. The quantitative estimate of drug-likeness (QED) is 0.240. The van der Waals surface area contributed by atoms with Crippen LogP contribution >= 0.6 is 24.8 Å². The van der Waals surface area contributed by atoms with Crippen molar-refractivity contribution in [3.05, 3.63) is 0 Å². The number of nitrogens with two attached hydrogens (primary N) is 1. The molecule has 0 bridgehead atoms. The molecule has 0 aliphatic rings. The lowest BCUT2D eigenvalue weighted by Crippen LogP contribution is -2.25. The van der Waals surface area contributed by atoms with Gasteiger partial charge in [-0.2, -0.15) is 0 Å². The van der Waals surface area contributed by atoms with Crippen molar-refractivity contribution in [1.29, 1.82) is 0 Å². The number of hydroxylamine groups is 1. The summed E-state index contributed by atoms with van der Waals surface area (Å²) in [6.45, 7) is 6.04. The number of urea groups is 1. The van der Waals surface area contributed by atoms with Gasteiger partial charge in [-0.05, 0) is 13.8 Å². The first-order chi connectivity index (χ1) is 5.99. The number of carbonyl (C=O) groups excluding carboxylic acids is 1. The molecule has 0 fully saturated rings. The van der Waals surface area contributed by atoms with E-state index in [4.69, 9.17) is 17.4 Å². The van der Waals surface area contributed by atoms with Gasteiger partial charge in [-0.15, -0.1) is 12.6 Å². The first-order valence-corrected chi connectivity index (χ1v) is 4.52. The molecule has 13 heavy (non-hydrogen) atoms. The maximum Gasteiger partial charge on any atom is 0.335 e. The van der Waals surface area contributed by atoms with Crippen LogP contribution < -0.4 is 11.2 Å². The Kier molecular flexibility index (Phi) is 11.0. The number of carbonyl (C=O) groups is 1. The summed E-state index contributed by atoms with van der Waals surface area (Å²) < 4.78 is 0.690. The molecule has 0 saturated heterocycles. The van der Waals surface area contributed by atoms with Gasteiger partial charge in [0, 0.05) is 13.1 Å². The topological polar surface area (TPSA) is 78.6 Å². The summed E-state index contributed by atoms with van der Waals surface area (Å²) in [5, 5.41) is 7.42. The predicted molar refractivity (Wildman–Crippen MR) is 59.0 cm³/mol. The second-order valence-electron chi connectivity index (χ2n) is 1.93. The fraction of sp³-hybridized carbons (Fsp3) is 0.667. The van der Waals surface area contributed by atoms with Crippen LogP contribution in [0.2, 0.25) is 0 Å². The highest BCUT2D eigenvalue weighted by Crippen LogP contribution is 1.93. The van der Waals surface area contributed by atoms with E-state index in [1.807, 2.05) is 4.90 Å². The van der Waals surface area contributed by atoms with Gasteiger partial charge in [0.2, 0.25) is 0 Å². The highest BCUT2D eigenvalue weighted by atomic mass is 32.1. The van der Waals surface area contributed by atoms with E-state index in [-0.39, 0.29) is 0 Å². The number of hydrogen-bond acceptors (Lipinski definition) is 3. The van der Waals surface area contributed by atoms with Crippen LogP contribution in [-0.4, -0.2) is 33.5 Å². The van der Waals surface area contributed by atoms with Gasteiger partial charge in [-0.1, -0.05) is 12.2 Å². The Balaban J connectivity index is 0. The first-order valence-electron chi connectivity index (χ1n) is 3.66. The van der Waals surface area contributed by atoms with Gasteiger partial charge in [-0.3, -0.25) is 5.21 Å². The Morgan fingerprint density at radius 1 is 1.62 bits per heavy atom. The molecule has 0 unspecified atom stereocenters. The fourth-order valence-corrected chi connectivity index (χ4v) is 1.04. The molecule has 0 rings (SSSR count). The zero-order valence-corrected chi connectivity index (χ0v) is 9.36. The van der Waals surface area contributed by atoms with Crippen LogP contribution in [0.3, 0.4) is 0 Å². The van der Waals surface area contributed by atoms with E-state index in [0.29, 0.717) is 4.32 Å². The number of rotatable bonds is 2. The summed E-state index contributed by atoms with van der Waals surface area (Å²) in [6.07, 6.45) is 0. The molecular weight excluding hydrogens is 210 g/mol. The number of nitrogens with zero attached hydrogens (tertiary/aromatic N) is 1. The summed E-state index contributed by atoms with van der Waals surface area (Å²) in [5.74, 6) is 0. The molecular formula is C6H15N3O2S2. The molecule has 0 aliphatic carbocycles. The Morgan fingerprint density at radius 2 is 1.92 bits per heavy atom. The third kappa shape index (κ3) is 11.5. The molecule has 0 radical (unpaired) electrons. The lowest BCUT2D eigenvalue weighted by Gasteiger charge is -2.16. The molecule has 0 spiro atoms. The molecule has 0 aromatic heterocycles. The normalized spacial score (nSPS) is 8.00. The van der Waals surface area contributed by atoms with E-state index in [2.05, 4.69) is 32.2 Å². The Labute approximate surface area is 88.6 Å². The second kappa shape index (κ2) is 9.56. The van der Waals surface area contributed by atoms with Crippen LogP contribution in [-0.2, 0) is 0 Å². The van der Waals surface area contributed by atoms with Gasteiger partial charge in [0.25, 0.3) is 0 Å². The predicted octanol–water partition coefficient (Wildman–Crippen LogP) is 0.587. The molecule has 0 aliphatic heterocycles. The highest BCUT2D eigenvalue weighted by molar-refractivity contribution is 8.10. The van der Waals surface area contributed by atoms with E-state index >= 15 is 0 Å². The largest absolute Gasteiger partial charge is 0.358 e. The van der Waals surface area contributed by atoms with Crippen molar-refractivity contribution in [3.8, 4) is 0 Å². The smallest absolute Gasteiger partial charge is 0.335 e. The number of primary amides is 1. The van der Waals surface area contributed by atoms with Gasteiger partial charge in [0.05, 0.1) is 0 Å². The molecule has 0 heterocycles. The van der Waals surface area contributed by atoms with Gasteiger partial charge in [-0.25, -0.2) is 10.3 Å². The maximum absolute atomic E-state index is 9.23. The van der Waals surface area contributed by atoms with Crippen molar-refractivity contribution < 1.29 is 10.0 Å². The zero-order valence-electron chi connectivity index (χ0n) is 7.65. The van der Waals surface area contributed by atoms with Crippen LogP contribution in [0.5, 0.6) is 0 Å². The van der Waals surface area contributed by atoms with Crippen molar-refractivity contribution in [2.24, 2.45) is 5.73 Å². The SMILES string of the molecule is CCN(CC)C(=S)S.NC(=O)NO. The minimum absolute atomic E-state index is 0.690. The summed E-state index contributed by atoms with van der Waals surface area (Å²) in [6, 6.07) is -0.940. The monoisotopic (exact) mass is 225 g/mol. The summed E-state index contributed by atoms with van der Waals surface area (Å²) in [4.78, 5) is 11.2. The molecule has 5 nitrogen and oxygen atoms in total. The van der Waals surface area contributed by atoms with Crippen molar-refractivity contribution in [2.45, 2.75) is 13.8 Å². The number of nitrogens with one attached hydrogen (secondary N) is 1. The van der Waals surface area contributed by atoms with Crippen LogP contribution in [0, 0.1) is 0 Å². The average molecular weight is 225 g/mol. The molecule has 78 valence electrons. The third-order valence-corrected chi connectivity index (χ3v) is 1.69. The lowest BCUT2D eigenvalue weighted by molar-refractivity contribution is 0.169. The molecule has 2 amide bonds. The van der Waals surface area contributed by atoms with E-state index in [0.717, 1.165) is 13.1 Å². The Morgan fingerprint density at radius 3 is 1.92 bits per heavy atom. The second-order valence-corrected chi connectivity index (χ2v) is 3.04. The van der Waals surface area contributed by atoms with Gasteiger partial charge >= 0.3 is 6.03 Å². The van der Waals surface area contributed by atoms with Crippen molar-refractivity contribution in [2.75, 3.05) is 13.1 Å².